The molecule has 1 saturated heterocycles. The zero-order valence-electron chi connectivity index (χ0n) is 9.29. The highest BCUT2D eigenvalue weighted by Gasteiger charge is 2.51. The Kier molecular flexibility index (Phi) is 2.72. The first kappa shape index (κ1) is 11.0. The molecule has 1 aliphatic heterocycles. The quantitative estimate of drug-likeness (QED) is 0.709. The first-order valence-corrected chi connectivity index (χ1v) is 4.81. The summed E-state index contributed by atoms with van der Waals surface area (Å²) >= 11 is 0. The molecule has 1 unspecified atom stereocenters. The van der Waals surface area contributed by atoms with Crippen molar-refractivity contribution < 1.29 is 9.94 Å². The lowest BCUT2D eigenvalue weighted by molar-refractivity contribution is -0.224. The van der Waals surface area contributed by atoms with Crippen LogP contribution in [0.3, 0.4) is 0 Å². The van der Waals surface area contributed by atoms with Gasteiger partial charge in [0.1, 0.15) is 0 Å². The van der Waals surface area contributed by atoms with Crippen LogP contribution in [0.2, 0.25) is 0 Å². The second kappa shape index (κ2) is 3.23. The van der Waals surface area contributed by atoms with Crippen molar-refractivity contribution in [1.82, 2.24) is 5.06 Å². The molecule has 0 aliphatic carbocycles. The van der Waals surface area contributed by atoms with E-state index in [1.54, 1.807) is 7.11 Å². The minimum atomic E-state index is -0.0764. The standard InChI is InChI=1S/C10H21NO2/c1-9(2)6-8(7-12)10(3,4)11(9)13-5/h8,12H,6-7H2,1-5H3. The lowest BCUT2D eigenvalue weighted by atomic mass is 9.88. The van der Waals surface area contributed by atoms with Crippen LogP contribution in [0.15, 0.2) is 0 Å². The summed E-state index contributed by atoms with van der Waals surface area (Å²) in [5.74, 6) is 0.294. The van der Waals surface area contributed by atoms with Crippen LogP contribution in [0.5, 0.6) is 0 Å². The van der Waals surface area contributed by atoms with E-state index in [1.807, 2.05) is 5.06 Å². The van der Waals surface area contributed by atoms with Gasteiger partial charge in [0.2, 0.25) is 0 Å². The van der Waals surface area contributed by atoms with Crippen molar-refractivity contribution in [2.75, 3.05) is 13.7 Å². The average Bonchev–Trinajstić information content (AvgIpc) is 2.16. The molecule has 13 heavy (non-hydrogen) atoms. The Morgan fingerprint density at radius 1 is 1.38 bits per heavy atom. The van der Waals surface area contributed by atoms with E-state index in [4.69, 9.17) is 4.84 Å². The summed E-state index contributed by atoms with van der Waals surface area (Å²) in [5.41, 5.74) is -0.0569. The van der Waals surface area contributed by atoms with Crippen LogP contribution in [0, 0.1) is 5.92 Å². The van der Waals surface area contributed by atoms with Gasteiger partial charge in [-0.05, 0) is 34.1 Å². The van der Waals surface area contributed by atoms with E-state index in [-0.39, 0.29) is 17.7 Å². The maximum Gasteiger partial charge on any atom is 0.0575 e. The van der Waals surface area contributed by atoms with Crippen LogP contribution in [-0.4, -0.2) is 35.0 Å². The third-order valence-electron chi connectivity index (χ3n) is 3.22. The molecule has 0 aromatic carbocycles. The molecule has 1 N–H and O–H groups in total. The highest BCUT2D eigenvalue weighted by Crippen LogP contribution is 2.44. The maximum atomic E-state index is 9.26. The van der Waals surface area contributed by atoms with E-state index in [9.17, 15) is 5.11 Å². The van der Waals surface area contributed by atoms with Gasteiger partial charge in [0, 0.05) is 23.6 Å². The van der Waals surface area contributed by atoms with Gasteiger partial charge in [-0.2, -0.15) is 5.06 Å². The Labute approximate surface area is 80.6 Å². The smallest absolute Gasteiger partial charge is 0.0575 e. The van der Waals surface area contributed by atoms with Crippen LogP contribution in [0.4, 0.5) is 0 Å². The molecule has 0 amide bonds. The topological polar surface area (TPSA) is 32.7 Å². The molecule has 0 saturated carbocycles. The van der Waals surface area contributed by atoms with Gasteiger partial charge in [-0.25, -0.2) is 0 Å². The molecule has 0 aromatic heterocycles. The number of aliphatic hydroxyl groups excluding tert-OH is 1. The monoisotopic (exact) mass is 187 g/mol. The summed E-state index contributed by atoms with van der Waals surface area (Å²) in [5, 5.41) is 11.3. The van der Waals surface area contributed by atoms with E-state index in [0.29, 0.717) is 5.92 Å². The number of hydrogen-bond donors (Lipinski definition) is 1. The van der Waals surface area contributed by atoms with E-state index in [1.165, 1.54) is 0 Å². The largest absolute Gasteiger partial charge is 0.396 e. The van der Waals surface area contributed by atoms with Crippen LogP contribution in [0.25, 0.3) is 0 Å². The first-order valence-electron chi connectivity index (χ1n) is 4.81. The summed E-state index contributed by atoms with van der Waals surface area (Å²) in [4.78, 5) is 5.40. The van der Waals surface area contributed by atoms with Crippen molar-refractivity contribution >= 4 is 0 Å². The van der Waals surface area contributed by atoms with Crippen LogP contribution >= 0.6 is 0 Å². The third kappa shape index (κ3) is 1.60. The average molecular weight is 187 g/mol. The minimum Gasteiger partial charge on any atom is -0.396 e. The van der Waals surface area contributed by atoms with Crippen molar-refractivity contribution in [2.24, 2.45) is 5.92 Å². The lowest BCUT2D eigenvalue weighted by Gasteiger charge is -2.38. The van der Waals surface area contributed by atoms with Crippen molar-refractivity contribution in [1.29, 1.82) is 0 Å². The molecular formula is C10H21NO2. The summed E-state index contributed by atoms with van der Waals surface area (Å²) in [7, 11) is 1.70. The SMILES string of the molecule is CON1C(C)(C)CC(CO)C1(C)C. The Morgan fingerprint density at radius 2 is 1.92 bits per heavy atom. The summed E-state index contributed by atoms with van der Waals surface area (Å²) < 4.78 is 0. The Morgan fingerprint density at radius 3 is 2.15 bits per heavy atom. The molecule has 1 rings (SSSR count). The number of nitrogens with zero attached hydrogens (tertiary/aromatic N) is 1. The first-order chi connectivity index (χ1) is 5.86. The highest BCUT2D eigenvalue weighted by molar-refractivity contribution is 5.01. The van der Waals surface area contributed by atoms with E-state index in [2.05, 4.69) is 27.7 Å². The predicted molar refractivity (Wildman–Crippen MR) is 52.2 cm³/mol. The molecule has 1 fully saturated rings. The van der Waals surface area contributed by atoms with Gasteiger partial charge in [0.25, 0.3) is 0 Å². The van der Waals surface area contributed by atoms with Crippen LogP contribution in [-0.2, 0) is 4.84 Å². The van der Waals surface area contributed by atoms with Gasteiger partial charge in [0.15, 0.2) is 0 Å². The van der Waals surface area contributed by atoms with E-state index >= 15 is 0 Å². The number of rotatable bonds is 2. The number of hydroxylamine groups is 2. The fourth-order valence-electron chi connectivity index (χ4n) is 2.65. The zero-order chi connectivity index (χ0) is 10.3. The van der Waals surface area contributed by atoms with Gasteiger partial charge in [-0.1, -0.05) is 0 Å². The second-order valence-corrected chi connectivity index (χ2v) is 5.03. The van der Waals surface area contributed by atoms with Gasteiger partial charge >= 0.3 is 0 Å². The molecule has 3 nitrogen and oxygen atoms in total. The maximum absolute atomic E-state index is 9.26. The van der Waals surface area contributed by atoms with Gasteiger partial charge < -0.3 is 9.94 Å². The summed E-state index contributed by atoms with van der Waals surface area (Å²) in [6.45, 7) is 8.76. The number of hydrogen-bond acceptors (Lipinski definition) is 3. The van der Waals surface area contributed by atoms with E-state index in [0.717, 1.165) is 6.42 Å². The number of aliphatic hydroxyl groups is 1. The Balaban J connectivity index is 2.92. The molecular weight excluding hydrogens is 166 g/mol. The van der Waals surface area contributed by atoms with Crippen molar-refractivity contribution in [3.05, 3.63) is 0 Å². The second-order valence-electron chi connectivity index (χ2n) is 5.03. The molecule has 1 heterocycles. The van der Waals surface area contributed by atoms with Crippen molar-refractivity contribution in [3.8, 4) is 0 Å². The Hall–Kier alpha value is -0.120. The van der Waals surface area contributed by atoms with Crippen LogP contribution < -0.4 is 0 Å². The van der Waals surface area contributed by atoms with Crippen LogP contribution in [0.1, 0.15) is 34.1 Å². The predicted octanol–water partition coefficient (Wildman–Crippen LogP) is 1.42. The van der Waals surface area contributed by atoms with Gasteiger partial charge in [0.05, 0.1) is 7.11 Å². The molecule has 0 radical (unpaired) electrons. The normalized spacial score (nSPS) is 32.3. The zero-order valence-corrected chi connectivity index (χ0v) is 9.29. The molecule has 0 spiro atoms. The van der Waals surface area contributed by atoms with E-state index < -0.39 is 0 Å². The molecule has 78 valence electrons. The fourth-order valence-corrected chi connectivity index (χ4v) is 2.65. The molecule has 0 bridgehead atoms. The van der Waals surface area contributed by atoms with Crippen molar-refractivity contribution in [3.63, 3.8) is 0 Å². The van der Waals surface area contributed by atoms with Gasteiger partial charge in [-0.3, -0.25) is 0 Å². The fraction of sp³-hybridized carbons (Fsp3) is 1.00. The third-order valence-corrected chi connectivity index (χ3v) is 3.22. The molecule has 3 heteroatoms. The Bertz CT molecular complexity index is 189. The molecule has 1 aliphatic rings. The lowest BCUT2D eigenvalue weighted by Crippen LogP contribution is -2.49. The van der Waals surface area contributed by atoms with Gasteiger partial charge in [-0.15, -0.1) is 0 Å². The molecule has 0 aromatic rings. The summed E-state index contributed by atoms with van der Waals surface area (Å²) in [6, 6.07) is 0. The summed E-state index contributed by atoms with van der Waals surface area (Å²) in [6.07, 6.45) is 0.977. The minimum absolute atomic E-state index is 0.0195. The van der Waals surface area contributed by atoms with Crippen molar-refractivity contribution in [2.45, 2.75) is 45.2 Å². The highest BCUT2D eigenvalue weighted by atomic mass is 16.7. The molecule has 1 atom stereocenters.